The standard InChI is InChI=1S/C31H45N3O6/c1-6-37-29(35)11-10-20-40-28-21-26(16-17-27(28)31(36)34(22(2)3)23(4)5)39-19-9-7-8-18-38-25-14-12-24(13-15-25)30-32-33-30/h12-17,21-23,30,32-33H,6-11,18-20H2,1-5H3. The summed E-state index contributed by atoms with van der Waals surface area (Å²) in [7, 11) is 0. The highest BCUT2D eigenvalue weighted by molar-refractivity contribution is 5.97. The lowest BCUT2D eigenvalue weighted by Gasteiger charge is -2.31. The third kappa shape index (κ3) is 10.0. The first-order chi connectivity index (χ1) is 19.3. The number of carbonyl (C=O) groups excluding carboxylic acids is 2. The van der Waals surface area contributed by atoms with Crippen LogP contribution in [-0.4, -0.2) is 55.3 Å². The number of rotatable bonds is 18. The molecule has 220 valence electrons. The lowest BCUT2D eigenvalue weighted by atomic mass is 10.1. The number of ether oxygens (including phenoxy) is 4. The van der Waals surface area contributed by atoms with Gasteiger partial charge in [0.1, 0.15) is 23.4 Å². The van der Waals surface area contributed by atoms with E-state index in [9.17, 15) is 9.59 Å². The Kier molecular flexibility index (Phi) is 12.6. The quantitative estimate of drug-likeness (QED) is 0.143. The molecule has 0 saturated carbocycles. The third-order valence-electron chi connectivity index (χ3n) is 6.45. The summed E-state index contributed by atoms with van der Waals surface area (Å²) >= 11 is 0. The molecule has 0 aromatic heterocycles. The van der Waals surface area contributed by atoms with E-state index in [4.69, 9.17) is 18.9 Å². The molecule has 1 saturated heterocycles. The average Bonchev–Trinajstić information content (AvgIpc) is 3.76. The van der Waals surface area contributed by atoms with Gasteiger partial charge >= 0.3 is 5.97 Å². The van der Waals surface area contributed by atoms with Crippen LogP contribution < -0.4 is 25.1 Å². The van der Waals surface area contributed by atoms with Crippen molar-refractivity contribution >= 4 is 11.9 Å². The van der Waals surface area contributed by atoms with Crippen LogP contribution in [0.4, 0.5) is 0 Å². The SMILES string of the molecule is CCOC(=O)CCCOc1cc(OCCCCCOc2ccc(C3NN3)cc2)ccc1C(=O)N(C(C)C)C(C)C. The van der Waals surface area contributed by atoms with Crippen molar-refractivity contribution < 1.29 is 28.5 Å². The number of nitrogens with zero attached hydrogens (tertiary/aromatic N) is 1. The van der Waals surface area contributed by atoms with Crippen LogP contribution in [-0.2, 0) is 9.53 Å². The Morgan fingerprint density at radius 2 is 1.40 bits per heavy atom. The van der Waals surface area contributed by atoms with Gasteiger partial charge in [0.2, 0.25) is 0 Å². The summed E-state index contributed by atoms with van der Waals surface area (Å²) in [5.41, 5.74) is 7.79. The van der Waals surface area contributed by atoms with Crippen molar-refractivity contribution in [2.24, 2.45) is 0 Å². The maximum Gasteiger partial charge on any atom is 0.305 e. The van der Waals surface area contributed by atoms with E-state index in [1.165, 1.54) is 5.56 Å². The summed E-state index contributed by atoms with van der Waals surface area (Å²) in [6, 6.07) is 13.5. The van der Waals surface area contributed by atoms with Gasteiger partial charge < -0.3 is 23.8 Å². The molecule has 1 amide bonds. The topological polar surface area (TPSA) is 118 Å². The second kappa shape index (κ2) is 16.1. The average molecular weight is 556 g/mol. The van der Waals surface area contributed by atoms with Crippen LogP contribution in [0.5, 0.6) is 17.2 Å². The molecule has 3 rings (SSSR count). The molecule has 0 bridgehead atoms. The summed E-state index contributed by atoms with van der Waals surface area (Å²) in [6.45, 7) is 11.6. The second-order valence-corrected chi connectivity index (χ2v) is 10.4. The summed E-state index contributed by atoms with van der Waals surface area (Å²) in [4.78, 5) is 26.9. The Hall–Kier alpha value is -3.30. The van der Waals surface area contributed by atoms with Gasteiger partial charge in [0.05, 0.1) is 32.0 Å². The Balaban J connectivity index is 1.48. The summed E-state index contributed by atoms with van der Waals surface area (Å²) in [5, 5.41) is 0. The molecule has 1 fully saturated rings. The Bertz CT molecular complexity index is 1060. The van der Waals surface area contributed by atoms with E-state index in [-0.39, 0.29) is 36.5 Å². The normalized spacial score (nSPS) is 12.9. The molecule has 9 nitrogen and oxygen atoms in total. The van der Waals surface area contributed by atoms with Gasteiger partial charge in [0.25, 0.3) is 5.91 Å². The minimum absolute atomic E-state index is 0.0424. The number of nitrogens with one attached hydrogen (secondary N) is 2. The van der Waals surface area contributed by atoms with Crippen molar-refractivity contribution in [3.05, 3.63) is 53.6 Å². The molecule has 0 spiro atoms. The summed E-state index contributed by atoms with van der Waals surface area (Å²) in [6.07, 6.45) is 3.81. The summed E-state index contributed by atoms with van der Waals surface area (Å²) < 4.78 is 22.8. The Morgan fingerprint density at radius 3 is 2.00 bits per heavy atom. The maximum absolute atomic E-state index is 13.4. The number of benzene rings is 2. The fourth-order valence-electron chi connectivity index (χ4n) is 4.45. The molecule has 0 aliphatic carbocycles. The second-order valence-electron chi connectivity index (χ2n) is 10.4. The summed E-state index contributed by atoms with van der Waals surface area (Å²) in [5.74, 6) is 1.64. The Morgan fingerprint density at radius 1 is 0.800 bits per heavy atom. The predicted octanol–water partition coefficient (Wildman–Crippen LogP) is 5.40. The van der Waals surface area contributed by atoms with Gasteiger partial charge in [-0.25, -0.2) is 10.9 Å². The highest BCUT2D eigenvalue weighted by Crippen LogP contribution is 2.28. The minimum atomic E-state index is -0.253. The van der Waals surface area contributed by atoms with E-state index in [1.807, 2.05) is 50.8 Å². The highest BCUT2D eigenvalue weighted by Gasteiger charge is 2.25. The Labute approximate surface area is 238 Å². The molecule has 1 aliphatic rings. The zero-order chi connectivity index (χ0) is 28.9. The van der Waals surface area contributed by atoms with Gasteiger partial charge in [-0.1, -0.05) is 12.1 Å². The van der Waals surface area contributed by atoms with Crippen LogP contribution in [0.25, 0.3) is 0 Å². The molecule has 2 aromatic rings. The van der Waals surface area contributed by atoms with E-state index >= 15 is 0 Å². The largest absolute Gasteiger partial charge is 0.494 e. The number of hydrogen-bond donors (Lipinski definition) is 2. The van der Waals surface area contributed by atoms with Crippen LogP contribution in [0.1, 0.15) is 88.8 Å². The number of carbonyl (C=O) groups is 2. The maximum atomic E-state index is 13.4. The molecule has 1 heterocycles. The molecular formula is C31H45N3O6. The molecule has 0 atom stereocenters. The van der Waals surface area contributed by atoms with Crippen LogP contribution in [0.2, 0.25) is 0 Å². The van der Waals surface area contributed by atoms with Gasteiger partial charge in [-0.05, 0) is 90.1 Å². The van der Waals surface area contributed by atoms with E-state index in [2.05, 4.69) is 23.0 Å². The van der Waals surface area contributed by atoms with Gasteiger partial charge in [0, 0.05) is 24.6 Å². The lowest BCUT2D eigenvalue weighted by molar-refractivity contribution is -0.143. The van der Waals surface area contributed by atoms with Crippen LogP contribution >= 0.6 is 0 Å². The van der Waals surface area contributed by atoms with E-state index in [0.29, 0.717) is 49.9 Å². The molecule has 0 unspecified atom stereocenters. The smallest absolute Gasteiger partial charge is 0.305 e. The first kappa shape index (κ1) is 31.2. The van der Waals surface area contributed by atoms with Crippen molar-refractivity contribution in [2.75, 3.05) is 26.4 Å². The zero-order valence-electron chi connectivity index (χ0n) is 24.5. The highest BCUT2D eigenvalue weighted by atomic mass is 16.5. The molecule has 9 heteroatoms. The van der Waals surface area contributed by atoms with Gasteiger partial charge in [-0.2, -0.15) is 0 Å². The molecule has 2 N–H and O–H groups in total. The van der Waals surface area contributed by atoms with E-state index in [1.54, 1.807) is 19.1 Å². The van der Waals surface area contributed by atoms with Gasteiger partial charge in [-0.3, -0.25) is 9.59 Å². The molecule has 1 aliphatic heterocycles. The molecule has 0 radical (unpaired) electrons. The number of hydrogen-bond acceptors (Lipinski definition) is 8. The molecular weight excluding hydrogens is 510 g/mol. The van der Waals surface area contributed by atoms with Crippen LogP contribution in [0, 0.1) is 0 Å². The van der Waals surface area contributed by atoms with Crippen molar-refractivity contribution in [1.82, 2.24) is 15.8 Å². The first-order valence-corrected chi connectivity index (χ1v) is 14.4. The fraction of sp³-hybridized carbons (Fsp3) is 0.548. The number of amides is 1. The van der Waals surface area contributed by atoms with E-state index < -0.39 is 0 Å². The van der Waals surface area contributed by atoms with E-state index in [0.717, 1.165) is 25.0 Å². The minimum Gasteiger partial charge on any atom is -0.494 e. The fourth-order valence-corrected chi connectivity index (χ4v) is 4.45. The number of esters is 1. The van der Waals surface area contributed by atoms with Crippen LogP contribution in [0.3, 0.4) is 0 Å². The predicted molar refractivity (Wildman–Crippen MR) is 155 cm³/mol. The monoisotopic (exact) mass is 555 g/mol. The first-order valence-electron chi connectivity index (χ1n) is 14.4. The van der Waals surface area contributed by atoms with Crippen molar-refractivity contribution in [3.8, 4) is 17.2 Å². The molecule has 40 heavy (non-hydrogen) atoms. The zero-order valence-corrected chi connectivity index (χ0v) is 24.5. The van der Waals surface area contributed by atoms with Crippen molar-refractivity contribution in [2.45, 2.75) is 85.0 Å². The van der Waals surface area contributed by atoms with Crippen molar-refractivity contribution in [3.63, 3.8) is 0 Å². The van der Waals surface area contributed by atoms with Gasteiger partial charge in [0.15, 0.2) is 0 Å². The number of unbranched alkanes of at least 4 members (excludes halogenated alkanes) is 2. The lowest BCUT2D eigenvalue weighted by Crippen LogP contribution is -2.42. The third-order valence-corrected chi connectivity index (χ3v) is 6.45. The molecule has 2 aromatic carbocycles. The van der Waals surface area contributed by atoms with Gasteiger partial charge in [-0.15, -0.1) is 0 Å². The van der Waals surface area contributed by atoms with Crippen LogP contribution in [0.15, 0.2) is 42.5 Å². The number of hydrazine groups is 1. The van der Waals surface area contributed by atoms with Crippen molar-refractivity contribution in [1.29, 1.82) is 0 Å².